The number of hydrogen-bond donors (Lipinski definition) is 2. The van der Waals surface area contributed by atoms with Crippen LogP contribution in [0.1, 0.15) is 29.4 Å². The van der Waals surface area contributed by atoms with Crippen molar-refractivity contribution in [1.29, 1.82) is 0 Å². The van der Waals surface area contributed by atoms with E-state index >= 15 is 0 Å². The first-order valence-corrected chi connectivity index (χ1v) is 12.5. The summed E-state index contributed by atoms with van der Waals surface area (Å²) in [6.45, 7) is 2.20. The van der Waals surface area contributed by atoms with Gasteiger partial charge in [0.05, 0.1) is 12.8 Å². The van der Waals surface area contributed by atoms with Crippen molar-refractivity contribution in [2.45, 2.75) is 19.8 Å². The molecule has 7 nitrogen and oxygen atoms in total. The third kappa shape index (κ3) is 6.06. The molecule has 2 amide bonds. The molecule has 34 heavy (non-hydrogen) atoms. The fourth-order valence-electron chi connectivity index (χ4n) is 3.27. The highest BCUT2D eigenvalue weighted by atomic mass is 32.1. The van der Waals surface area contributed by atoms with Gasteiger partial charge < -0.3 is 10.1 Å². The van der Waals surface area contributed by atoms with Crippen molar-refractivity contribution in [3.8, 4) is 27.6 Å². The Kier molecular flexibility index (Phi) is 7.66. The van der Waals surface area contributed by atoms with Crippen LogP contribution in [0.2, 0.25) is 0 Å². The van der Waals surface area contributed by atoms with Crippen molar-refractivity contribution in [2.24, 2.45) is 0 Å². The molecule has 0 atom stereocenters. The lowest BCUT2D eigenvalue weighted by atomic mass is 10.1. The molecule has 0 saturated carbocycles. The van der Waals surface area contributed by atoms with Crippen molar-refractivity contribution < 1.29 is 14.3 Å². The van der Waals surface area contributed by atoms with Gasteiger partial charge in [-0.05, 0) is 42.7 Å². The van der Waals surface area contributed by atoms with Crippen LogP contribution in [-0.4, -0.2) is 35.4 Å². The summed E-state index contributed by atoms with van der Waals surface area (Å²) in [5.74, 6) is 0.482. The van der Waals surface area contributed by atoms with Gasteiger partial charge in [-0.15, -0.1) is 22.7 Å². The van der Waals surface area contributed by atoms with E-state index in [1.807, 2.05) is 41.8 Å². The largest absolute Gasteiger partial charge is 0.497 e. The van der Waals surface area contributed by atoms with E-state index in [1.54, 1.807) is 12.5 Å². The average molecular weight is 493 g/mol. The first kappa shape index (κ1) is 23.6. The number of ether oxygens (including phenoxy) is 1. The number of amides is 2. The number of nitrogens with zero attached hydrogens (tertiary/aromatic N) is 2. The monoisotopic (exact) mass is 492 g/mol. The molecule has 0 unspecified atom stereocenters. The second-order valence-electron chi connectivity index (χ2n) is 7.54. The van der Waals surface area contributed by atoms with Crippen LogP contribution in [0.3, 0.4) is 0 Å². The van der Waals surface area contributed by atoms with Gasteiger partial charge >= 0.3 is 0 Å². The lowest BCUT2D eigenvalue weighted by Crippen LogP contribution is -2.21. The molecule has 2 aromatic heterocycles. The van der Waals surface area contributed by atoms with Crippen LogP contribution in [-0.2, 0) is 11.2 Å². The fraction of sp³-hybridized carbons (Fsp3) is 0.200. The second kappa shape index (κ2) is 11.0. The Balaban J connectivity index is 1.35. The van der Waals surface area contributed by atoms with Crippen molar-refractivity contribution >= 4 is 39.6 Å². The van der Waals surface area contributed by atoms with Crippen LogP contribution in [0, 0.1) is 0 Å². The number of rotatable bonds is 9. The van der Waals surface area contributed by atoms with E-state index in [2.05, 4.69) is 32.7 Å². The van der Waals surface area contributed by atoms with Gasteiger partial charge in [0.1, 0.15) is 16.5 Å². The topological polar surface area (TPSA) is 93.2 Å². The summed E-state index contributed by atoms with van der Waals surface area (Å²) >= 11 is 2.79. The minimum absolute atomic E-state index is 0.00534. The van der Waals surface area contributed by atoms with E-state index in [9.17, 15) is 9.59 Å². The van der Waals surface area contributed by atoms with Gasteiger partial charge in [0.2, 0.25) is 5.91 Å². The number of benzene rings is 2. The molecule has 4 aromatic rings. The lowest BCUT2D eigenvalue weighted by molar-refractivity contribution is -0.118. The van der Waals surface area contributed by atoms with Crippen LogP contribution in [0.4, 0.5) is 5.13 Å². The molecule has 0 radical (unpaired) electrons. The molecule has 174 valence electrons. The van der Waals surface area contributed by atoms with E-state index in [0.29, 0.717) is 17.4 Å². The second-order valence-corrected chi connectivity index (χ2v) is 9.26. The molecule has 0 aliphatic heterocycles. The zero-order valence-electron chi connectivity index (χ0n) is 18.8. The Hall–Kier alpha value is -3.56. The molecule has 0 aliphatic rings. The SMILES string of the molecule is COc1ccc(-c2nc(C(=O)Nc3nc(-c4ccc(CCCNC(C)=O)cc4)cs3)cs2)cc1. The fourth-order valence-corrected chi connectivity index (χ4v) is 4.79. The summed E-state index contributed by atoms with van der Waals surface area (Å²) in [7, 11) is 1.62. The number of methoxy groups -OCH3 is 1. The third-order valence-electron chi connectivity index (χ3n) is 5.06. The number of carbonyl (C=O) groups excluding carboxylic acids is 2. The Bertz CT molecular complexity index is 1260. The van der Waals surface area contributed by atoms with Crippen LogP contribution in [0.15, 0.2) is 59.3 Å². The Morgan fingerprint density at radius 2 is 1.68 bits per heavy atom. The quantitative estimate of drug-likeness (QED) is 0.311. The Morgan fingerprint density at radius 3 is 2.38 bits per heavy atom. The van der Waals surface area contributed by atoms with Gasteiger partial charge in [0.15, 0.2) is 5.13 Å². The molecule has 4 rings (SSSR count). The number of carbonyl (C=O) groups is 2. The molecule has 0 bridgehead atoms. The number of aryl methyl sites for hydroxylation is 1. The lowest BCUT2D eigenvalue weighted by Gasteiger charge is -2.04. The minimum atomic E-state index is -0.286. The van der Waals surface area contributed by atoms with E-state index in [1.165, 1.54) is 35.2 Å². The van der Waals surface area contributed by atoms with Gasteiger partial charge in [-0.1, -0.05) is 24.3 Å². The maximum absolute atomic E-state index is 12.7. The molecule has 0 spiro atoms. The van der Waals surface area contributed by atoms with Gasteiger partial charge in [-0.25, -0.2) is 9.97 Å². The van der Waals surface area contributed by atoms with Gasteiger partial charge in [-0.3, -0.25) is 14.9 Å². The standard InChI is InChI=1S/C25H24N4O3S2/c1-16(30)26-13-3-4-17-5-7-18(8-6-17)21-14-34-25(28-21)29-23(31)22-15-33-24(27-22)19-9-11-20(32-2)12-10-19/h5-12,14-15H,3-4,13H2,1-2H3,(H,26,30)(H,28,29,31). The summed E-state index contributed by atoms with van der Waals surface area (Å²) in [5, 5.41) is 10.6. The summed E-state index contributed by atoms with van der Waals surface area (Å²) in [4.78, 5) is 32.6. The highest BCUT2D eigenvalue weighted by molar-refractivity contribution is 7.14. The first-order valence-electron chi connectivity index (χ1n) is 10.7. The zero-order chi connectivity index (χ0) is 23.9. The Labute approximate surface area is 205 Å². The predicted octanol–water partition coefficient (Wildman–Crippen LogP) is 5.26. The van der Waals surface area contributed by atoms with E-state index in [0.717, 1.165) is 40.4 Å². The third-order valence-corrected chi connectivity index (χ3v) is 6.71. The number of thiazole rings is 2. The molecule has 9 heteroatoms. The van der Waals surface area contributed by atoms with Crippen LogP contribution >= 0.6 is 22.7 Å². The molecule has 2 heterocycles. The maximum atomic E-state index is 12.7. The van der Waals surface area contributed by atoms with Crippen LogP contribution < -0.4 is 15.4 Å². The summed E-state index contributed by atoms with van der Waals surface area (Å²) in [5.41, 5.74) is 4.28. The highest BCUT2D eigenvalue weighted by Crippen LogP contribution is 2.28. The van der Waals surface area contributed by atoms with Crippen molar-refractivity contribution in [3.63, 3.8) is 0 Å². The number of anilines is 1. The van der Waals surface area contributed by atoms with Gasteiger partial charge in [0.25, 0.3) is 5.91 Å². The summed E-state index contributed by atoms with van der Waals surface area (Å²) < 4.78 is 5.18. The molecule has 0 fully saturated rings. The average Bonchev–Trinajstić information content (AvgIpc) is 3.52. The molecule has 0 saturated heterocycles. The summed E-state index contributed by atoms with van der Waals surface area (Å²) in [6.07, 6.45) is 1.79. The van der Waals surface area contributed by atoms with Crippen molar-refractivity contribution in [3.05, 3.63) is 70.5 Å². The van der Waals surface area contributed by atoms with Crippen LogP contribution in [0.25, 0.3) is 21.8 Å². The number of nitrogens with one attached hydrogen (secondary N) is 2. The van der Waals surface area contributed by atoms with Crippen LogP contribution in [0.5, 0.6) is 5.75 Å². The molecule has 2 N–H and O–H groups in total. The molecular weight excluding hydrogens is 468 g/mol. The zero-order valence-corrected chi connectivity index (χ0v) is 20.5. The van der Waals surface area contributed by atoms with Crippen molar-refractivity contribution in [1.82, 2.24) is 15.3 Å². The maximum Gasteiger partial charge on any atom is 0.276 e. The summed E-state index contributed by atoms with van der Waals surface area (Å²) in [6, 6.07) is 15.7. The normalized spacial score (nSPS) is 10.6. The Morgan fingerprint density at radius 1 is 0.941 bits per heavy atom. The smallest absolute Gasteiger partial charge is 0.276 e. The number of hydrogen-bond acceptors (Lipinski definition) is 7. The van der Waals surface area contributed by atoms with E-state index in [4.69, 9.17) is 4.74 Å². The predicted molar refractivity (Wildman–Crippen MR) is 137 cm³/mol. The molecule has 0 aliphatic carbocycles. The molecule has 2 aromatic carbocycles. The minimum Gasteiger partial charge on any atom is -0.497 e. The van der Waals surface area contributed by atoms with E-state index in [-0.39, 0.29) is 11.8 Å². The molecular formula is C25H24N4O3S2. The first-order chi connectivity index (χ1) is 16.5. The van der Waals surface area contributed by atoms with E-state index < -0.39 is 0 Å². The number of aromatic nitrogens is 2. The van der Waals surface area contributed by atoms with Gasteiger partial charge in [-0.2, -0.15) is 0 Å². The van der Waals surface area contributed by atoms with Gasteiger partial charge in [0, 0.05) is 35.4 Å². The highest BCUT2D eigenvalue weighted by Gasteiger charge is 2.14. The van der Waals surface area contributed by atoms with Crippen molar-refractivity contribution in [2.75, 3.05) is 19.0 Å².